The van der Waals surface area contributed by atoms with Crippen LogP contribution in [0.25, 0.3) is 0 Å². The quantitative estimate of drug-likeness (QED) is 0.696. The Bertz CT molecular complexity index is 370. The minimum Gasteiger partial charge on any atom is -0.484 e. The van der Waals surface area contributed by atoms with E-state index in [1.807, 2.05) is 0 Å². The first-order valence-electron chi connectivity index (χ1n) is 4.72. The molecular weight excluding hydrogens is 194 g/mol. The lowest BCUT2D eigenvalue weighted by atomic mass is 10.2. The Morgan fingerprint density at radius 3 is 2.80 bits per heavy atom. The van der Waals surface area contributed by atoms with Crippen LogP contribution in [-0.4, -0.2) is 31.9 Å². The molecule has 1 aliphatic rings. The maximum absolute atomic E-state index is 10.4. The van der Waals surface area contributed by atoms with Gasteiger partial charge in [-0.1, -0.05) is 0 Å². The van der Waals surface area contributed by atoms with E-state index in [0.717, 1.165) is 6.29 Å². The van der Waals surface area contributed by atoms with Gasteiger partial charge in [-0.15, -0.1) is 0 Å². The first-order valence-corrected chi connectivity index (χ1v) is 4.72. The molecule has 15 heavy (non-hydrogen) atoms. The smallest absolute Gasteiger partial charge is 0.222 e. The summed E-state index contributed by atoms with van der Waals surface area (Å²) < 4.78 is 10.6. The second-order valence-electron chi connectivity index (χ2n) is 3.10. The summed E-state index contributed by atoms with van der Waals surface area (Å²) in [5.74, 6) is 1.34. The van der Waals surface area contributed by atoms with Crippen LogP contribution < -0.4 is 4.74 Å². The van der Waals surface area contributed by atoms with Crippen LogP contribution in [0, 0.1) is 0 Å². The average Bonchev–Trinajstić information content (AvgIpc) is 2.80. The van der Waals surface area contributed by atoms with E-state index in [0.29, 0.717) is 37.0 Å². The maximum atomic E-state index is 10.4. The maximum Gasteiger partial charge on any atom is 0.222 e. The summed E-state index contributed by atoms with van der Waals surface area (Å²) >= 11 is 0. The topological polar surface area (TPSA) is 47.9 Å². The highest BCUT2D eigenvalue weighted by atomic mass is 16.5. The molecule has 0 aliphatic carbocycles. The van der Waals surface area contributed by atoms with Crippen LogP contribution in [0.15, 0.2) is 29.3 Å². The molecule has 1 heterocycles. The van der Waals surface area contributed by atoms with E-state index in [9.17, 15) is 4.79 Å². The highest BCUT2D eigenvalue weighted by Gasteiger charge is 2.07. The fourth-order valence-electron chi connectivity index (χ4n) is 1.25. The molecule has 0 saturated carbocycles. The Kier molecular flexibility index (Phi) is 2.97. The predicted octanol–water partition coefficient (Wildman–Crippen LogP) is 1.31. The second-order valence-corrected chi connectivity index (χ2v) is 3.10. The molecule has 78 valence electrons. The van der Waals surface area contributed by atoms with E-state index in [1.165, 1.54) is 0 Å². The molecule has 0 bridgehead atoms. The molecule has 0 radical (unpaired) electrons. The second kappa shape index (κ2) is 4.59. The summed E-state index contributed by atoms with van der Waals surface area (Å²) in [6, 6.07) is 6.91. The van der Waals surface area contributed by atoms with Crippen LogP contribution in [0.2, 0.25) is 0 Å². The number of carbonyl (C=O) groups is 1. The number of aliphatic imine (C=N–C) groups is 1. The number of aldehydes is 1. The number of ether oxygens (including phenoxy) is 2. The van der Waals surface area contributed by atoms with Crippen molar-refractivity contribution in [2.45, 2.75) is 0 Å². The molecule has 0 amide bonds. The number of nitrogens with zero attached hydrogens (tertiary/aromatic N) is 1. The molecule has 0 spiro atoms. The number of hydrogen-bond donors (Lipinski definition) is 0. The lowest BCUT2D eigenvalue weighted by Gasteiger charge is -2.05. The Balaban J connectivity index is 1.90. The van der Waals surface area contributed by atoms with Gasteiger partial charge in [-0.2, -0.15) is 0 Å². The van der Waals surface area contributed by atoms with E-state index >= 15 is 0 Å². The number of rotatable bonds is 4. The molecule has 1 aliphatic heterocycles. The van der Waals surface area contributed by atoms with Crippen molar-refractivity contribution in [1.82, 2.24) is 0 Å². The van der Waals surface area contributed by atoms with Crippen LogP contribution in [-0.2, 0) is 4.74 Å². The van der Waals surface area contributed by atoms with Crippen LogP contribution in [0.1, 0.15) is 10.4 Å². The lowest BCUT2D eigenvalue weighted by molar-refractivity contribution is 0.112. The van der Waals surface area contributed by atoms with Gasteiger partial charge in [0, 0.05) is 5.56 Å². The van der Waals surface area contributed by atoms with Crippen LogP contribution in [0.4, 0.5) is 0 Å². The zero-order valence-corrected chi connectivity index (χ0v) is 8.18. The third-order valence-electron chi connectivity index (χ3n) is 2.03. The molecule has 0 N–H and O–H groups in total. The number of carbonyl (C=O) groups excluding carboxylic acids is 1. The van der Waals surface area contributed by atoms with Gasteiger partial charge < -0.3 is 9.47 Å². The standard InChI is InChI=1S/C11H11NO3/c13-7-9-1-3-10(4-2-9)15-8-11-12-5-6-14-11/h1-4,7H,5-6,8H2. The minimum absolute atomic E-state index is 0.348. The normalized spacial score (nSPS) is 14.3. The van der Waals surface area contributed by atoms with Gasteiger partial charge in [-0.05, 0) is 24.3 Å². The van der Waals surface area contributed by atoms with Crippen molar-refractivity contribution in [3.63, 3.8) is 0 Å². The van der Waals surface area contributed by atoms with Crippen molar-refractivity contribution < 1.29 is 14.3 Å². The van der Waals surface area contributed by atoms with Gasteiger partial charge in [0.2, 0.25) is 5.90 Å². The van der Waals surface area contributed by atoms with Gasteiger partial charge in [0.05, 0.1) is 6.54 Å². The molecule has 4 nitrogen and oxygen atoms in total. The van der Waals surface area contributed by atoms with Crippen LogP contribution >= 0.6 is 0 Å². The van der Waals surface area contributed by atoms with E-state index in [2.05, 4.69) is 4.99 Å². The van der Waals surface area contributed by atoms with Gasteiger partial charge in [0.25, 0.3) is 0 Å². The number of benzene rings is 1. The first kappa shape index (κ1) is 9.71. The zero-order valence-electron chi connectivity index (χ0n) is 8.18. The van der Waals surface area contributed by atoms with Crippen molar-refractivity contribution in [2.75, 3.05) is 19.8 Å². The summed E-state index contributed by atoms with van der Waals surface area (Å²) in [6.45, 7) is 1.70. The predicted molar refractivity (Wildman–Crippen MR) is 55.6 cm³/mol. The van der Waals surface area contributed by atoms with Gasteiger partial charge in [0.15, 0.2) is 6.61 Å². The molecule has 2 rings (SSSR count). The molecule has 1 aromatic carbocycles. The summed E-state index contributed by atoms with van der Waals surface area (Å²) in [6.07, 6.45) is 0.800. The molecular formula is C11H11NO3. The highest BCUT2D eigenvalue weighted by molar-refractivity contribution is 5.79. The fourth-order valence-corrected chi connectivity index (χ4v) is 1.25. The van der Waals surface area contributed by atoms with Crippen molar-refractivity contribution >= 4 is 12.2 Å². The third kappa shape index (κ3) is 2.56. The molecule has 0 fully saturated rings. The third-order valence-corrected chi connectivity index (χ3v) is 2.03. The molecule has 4 heteroatoms. The molecule has 1 aromatic rings. The molecule has 0 aromatic heterocycles. The Morgan fingerprint density at radius 2 is 2.20 bits per heavy atom. The highest BCUT2D eigenvalue weighted by Crippen LogP contribution is 2.11. The Hall–Kier alpha value is -1.84. The zero-order chi connectivity index (χ0) is 10.5. The Morgan fingerprint density at radius 1 is 1.40 bits per heavy atom. The van der Waals surface area contributed by atoms with Crippen LogP contribution in [0.5, 0.6) is 5.75 Å². The van der Waals surface area contributed by atoms with Crippen molar-refractivity contribution in [2.24, 2.45) is 4.99 Å². The summed E-state index contributed by atoms with van der Waals surface area (Å²) in [4.78, 5) is 14.5. The van der Waals surface area contributed by atoms with Gasteiger partial charge in [-0.3, -0.25) is 4.79 Å². The molecule has 0 unspecified atom stereocenters. The average molecular weight is 205 g/mol. The van der Waals surface area contributed by atoms with Crippen LogP contribution in [0.3, 0.4) is 0 Å². The minimum atomic E-state index is 0.348. The summed E-state index contributed by atoms with van der Waals surface area (Å²) in [5, 5.41) is 0. The summed E-state index contributed by atoms with van der Waals surface area (Å²) in [5.41, 5.74) is 0.636. The van der Waals surface area contributed by atoms with Crippen molar-refractivity contribution in [3.8, 4) is 5.75 Å². The van der Waals surface area contributed by atoms with E-state index in [4.69, 9.17) is 9.47 Å². The van der Waals surface area contributed by atoms with E-state index in [1.54, 1.807) is 24.3 Å². The van der Waals surface area contributed by atoms with E-state index < -0.39 is 0 Å². The SMILES string of the molecule is O=Cc1ccc(OCC2=NCCO2)cc1. The van der Waals surface area contributed by atoms with Gasteiger partial charge in [-0.25, -0.2) is 4.99 Å². The monoisotopic (exact) mass is 205 g/mol. The van der Waals surface area contributed by atoms with Crippen molar-refractivity contribution in [3.05, 3.63) is 29.8 Å². The fraction of sp³-hybridized carbons (Fsp3) is 0.273. The summed E-state index contributed by atoms with van der Waals surface area (Å²) in [7, 11) is 0. The van der Waals surface area contributed by atoms with Gasteiger partial charge >= 0.3 is 0 Å². The lowest BCUT2D eigenvalue weighted by Crippen LogP contribution is -2.11. The first-order chi connectivity index (χ1) is 7.38. The van der Waals surface area contributed by atoms with E-state index in [-0.39, 0.29) is 0 Å². The Labute approximate surface area is 87.5 Å². The number of hydrogen-bond acceptors (Lipinski definition) is 4. The largest absolute Gasteiger partial charge is 0.484 e. The molecule has 0 saturated heterocycles. The van der Waals surface area contributed by atoms with Crippen molar-refractivity contribution in [1.29, 1.82) is 0 Å². The van der Waals surface area contributed by atoms with Gasteiger partial charge in [0.1, 0.15) is 18.6 Å². The molecule has 0 atom stereocenters.